The van der Waals surface area contributed by atoms with Crippen LogP contribution in [0.1, 0.15) is 18.4 Å². The molecule has 0 radical (unpaired) electrons. The molecule has 0 atom stereocenters. The average molecular weight is 362 g/mol. The molecule has 6 heteroatoms. The number of benzene rings is 1. The number of methoxy groups -OCH3 is 1. The molecule has 146 valence electrons. The summed E-state index contributed by atoms with van der Waals surface area (Å²) in [6, 6.07) is 10.8. The van der Waals surface area contributed by atoms with E-state index in [2.05, 4.69) is 55.8 Å². The fraction of sp³-hybridized carbons (Fsp3) is 0.650. The van der Waals surface area contributed by atoms with E-state index in [1.54, 1.807) is 7.11 Å². The maximum absolute atomic E-state index is 5.05. The lowest BCUT2D eigenvalue weighted by Crippen LogP contribution is -2.46. The van der Waals surface area contributed by atoms with Crippen molar-refractivity contribution in [2.24, 2.45) is 4.99 Å². The molecule has 2 N–H and O–H groups in total. The van der Waals surface area contributed by atoms with E-state index in [0.717, 1.165) is 77.8 Å². The summed E-state index contributed by atoms with van der Waals surface area (Å²) in [5.41, 5.74) is 1.41. The Balaban J connectivity index is 1.53. The lowest BCUT2D eigenvalue weighted by atomic mass is 10.2. The average Bonchev–Trinajstić information content (AvgIpc) is 2.69. The molecule has 26 heavy (non-hydrogen) atoms. The summed E-state index contributed by atoms with van der Waals surface area (Å²) >= 11 is 0. The quantitative estimate of drug-likeness (QED) is 0.375. The first-order valence-corrected chi connectivity index (χ1v) is 9.74. The van der Waals surface area contributed by atoms with E-state index in [1.165, 1.54) is 5.56 Å². The van der Waals surface area contributed by atoms with Gasteiger partial charge in [0.1, 0.15) is 0 Å². The molecule has 0 bridgehead atoms. The van der Waals surface area contributed by atoms with Crippen LogP contribution in [0.2, 0.25) is 0 Å². The van der Waals surface area contributed by atoms with Gasteiger partial charge in [-0.2, -0.15) is 0 Å². The number of ether oxygens (including phenoxy) is 1. The molecule has 1 aliphatic rings. The van der Waals surface area contributed by atoms with Crippen LogP contribution >= 0.6 is 0 Å². The normalized spacial score (nSPS) is 16.6. The molecule has 0 unspecified atom stereocenters. The third kappa shape index (κ3) is 8.17. The highest BCUT2D eigenvalue weighted by molar-refractivity contribution is 5.79. The van der Waals surface area contributed by atoms with Gasteiger partial charge in [-0.25, -0.2) is 0 Å². The minimum atomic E-state index is 0.778. The van der Waals surface area contributed by atoms with Gasteiger partial charge in [-0.1, -0.05) is 30.3 Å². The van der Waals surface area contributed by atoms with Gasteiger partial charge in [0.25, 0.3) is 0 Å². The lowest BCUT2D eigenvalue weighted by Gasteiger charge is -2.34. The van der Waals surface area contributed by atoms with E-state index in [0.29, 0.717) is 0 Å². The fourth-order valence-electron chi connectivity index (χ4n) is 3.17. The molecule has 0 aliphatic carbocycles. The Hall–Kier alpha value is -1.63. The molecule has 6 nitrogen and oxygen atoms in total. The molecular formula is C20H35N5O. The SMILES string of the molecule is CN=C(NCCCOC)NCCCN1CCN(Cc2ccccc2)CC1. The van der Waals surface area contributed by atoms with Gasteiger partial charge in [0, 0.05) is 66.6 Å². The largest absolute Gasteiger partial charge is 0.385 e. The maximum atomic E-state index is 5.05. The van der Waals surface area contributed by atoms with Crippen LogP contribution in [-0.2, 0) is 11.3 Å². The van der Waals surface area contributed by atoms with E-state index in [9.17, 15) is 0 Å². The van der Waals surface area contributed by atoms with E-state index in [1.807, 2.05) is 7.05 Å². The van der Waals surface area contributed by atoms with Crippen LogP contribution in [0.25, 0.3) is 0 Å². The van der Waals surface area contributed by atoms with Crippen molar-refractivity contribution < 1.29 is 4.74 Å². The molecule has 1 fully saturated rings. The van der Waals surface area contributed by atoms with Gasteiger partial charge in [-0.15, -0.1) is 0 Å². The Morgan fingerprint density at radius 3 is 2.31 bits per heavy atom. The summed E-state index contributed by atoms with van der Waals surface area (Å²) in [6.07, 6.45) is 2.13. The van der Waals surface area contributed by atoms with Crippen LogP contribution in [0.4, 0.5) is 0 Å². The number of hydrogen-bond donors (Lipinski definition) is 2. The molecule has 0 aromatic heterocycles. The van der Waals surface area contributed by atoms with Gasteiger partial charge in [-0.3, -0.25) is 9.89 Å². The summed E-state index contributed by atoms with van der Waals surface area (Å²) < 4.78 is 5.05. The summed E-state index contributed by atoms with van der Waals surface area (Å²) in [4.78, 5) is 9.37. The number of nitrogens with one attached hydrogen (secondary N) is 2. The second-order valence-corrected chi connectivity index (χ2v) is 6.73. The Labute approximate surface area is 158 Å². The molecule has 1 aliphatic heterocycles. The summed E-state index contributed by atoms with van der Waals surface area (Å²) in [5.74, 6) is 0.883. The highest BCUT2D eigenvalue weighted by Gasteiger charge is 2.16. The number of guanidine groups is 1. The van der Waals surface area contributed by atoms with E-state index in [-0.39, 0.29) is 0 Å². The van der Waals surface area contributed by atoms with Crippen molar-refractivity contribution in [3.05, 3.63) is 35.9 Å². The first kappa shape index (κ1) is 20.7. The standard InChI is InChI=1S/C20H35N5O/c1-21-20(23-11-7-17-26-2)22-10-6-12-24-13-15-25(16-14-24)18-19-8-4-3-5-9-19/h3-5,8-9H,6-7,10-18H2,1-2H3,(H2,21,22,23). The third-order valence-electron chi connectivity index (χ3n) is 4.70. The van der Waals surface area contributed by atoms with Gasteiger partial charge >= 0.3 is 0 Å². The van der Waals surface area contributed by atoms with Crippen LogP contribution in [0, 0.1) is 0 Å². The number of piperazine rings is 1. The number of hydrogen-bond acceptors (Lipinski definition) is 4. The van der Waals surface area contributed by atoms with Gasteiger partial charge < -0.3 is 20.3 Å². The van der Waals surface area contributed by atoms with E-state index < -0.39 is 0 Å². The highest BCUT2D eigenvalue weighted by atomic mass is 16.5. The predicted molar refractivity (Wildman–Crippen MR) is 109 cm³/mol. The molecule has 0 spiro atoms. The lowest BCUT2D eigenvalue weighted by molar-refractivity contribution is 0.126. The van der Waals surface area contributed by atoms with E-state index >= 15 is 0 Å². The Morgan fingerprint density at radius 1 is 1.00 bits per heavy atom. The minimum absolute atomic E-state index is 0.778. The first-order valence-electron chi connectivity index (χ1n) is 9.74. The van der Waals surface area contributed by atoms with Crippen molar-refractivity contribution in [1.82, 2.24) is 20.4 Å². The second-order valence-electron chi connectivity index (χ2n) is 6.73. The number of nitrogens with zero attached hydrogens (tertiary/aromatic N) is 3. The van der Waals surface area contributed by atoms with E-state index in [4.69, 9.17) is 4.74 Å². The molecule has 1 aromatic carbocycles. The Bertz CT molecular complexity index is 500. The number of rotatable bonds is 10. The number of aliphatic imine (C=N–C) groups is 1. The topological polar surface area (TPSA) is 52.1 Å². The van der Waals surface area contributed by atoms with Gasteiger partial charge in [0.05, 0.1) is 0 Å². The zero-order valence-electron chi connectivity index (χ0n) is 16.4. The Kier molecular flexibility index (Phi) is 10.1. The van der Waals surface area contributed by atoms with Crippen molar-refractivity contribution >= 4 is 5.96 Å². The van der Waals surface area contributed by atoms with Crippen LogP contribution in [-0.4, -0.2) is 82.3 Å². The first-order chi connectivity index (χ1) is 12.8. The molecule has 0 amide bonds. The van der Waals surface area contributed by atoms with Crippen LogP contribution in [0.3, 0.4) is 0 Å². The maximum Gasteiger partial charge on any atom is 0.190 e. The van der Waals surface area contributed by atoms with Crippen molar-refractivity contribution in [2.45, 2.75) is 19.4 Å². The molecule has 1 saturated heterocycles. The van der Waals surface area contributed by atoms with Crippen LogP contribution in [0.5, 0.6) is 0 Å². The monoisotopic (exact) mass is 361 g/mol. The molecular weight excluding hydrogens is 326 g/mol. The van der Waals surface area contributed by atoms with Gasteiger partial charge in [-0.05, 0) is 24.9 Å². The smallest absolute Gasteiger partial charge is 0.190 e. The van der Waals surface area contributed by atoms with Crippen molar-refractivity contribution in [2.75, 3.05) is 66.6 Å². The van der Waals surface area contributed by atoms with Crippen LogP contribution in [0.15, 0.2) is 35.3 Å². The molecule has 2 rings (SSSR count). The zero-order chi connectivity index (χ0) is 18.5. The fourth-order valence-corrected chi connectivity index (χ4v) is 3.17. The van der Waals surface area contributed by atoms with Crippen LogP contribution < -0.4 is 10.6 Å². The molecule has 0 saturated carbocycles. The van der Waals surface area contributed by atoms with Gasteiger partial charge in [0.2, 0.25) is 0 Å². The summed E-state index contributed by atoms with van der Waals surface area (Å²) in [6.45, 7) is 9.48. The summed E-state index contributed by atoms with van der Waals surface area (Å²) in [5, 5.41) is 6.70. The highest BCUT2D eigenvalue weighted by Crippen LogP contribution is 2.08. The third-order valence-corrected chi connectivity index (χ3v) is 4.70. The summed E-state index contributed by atoms with van der Waals surface area (Å²) in [7, 11) is 3.55. The Morgan fingerprint density at radius 2 is 1.65 bits per heavy atom. The van der Waals surface area contributed by atoms with Gasteiger partial charge in [0.15, 0.2) is 5.96 Å². The molecule has 1 heterocycles. The minimum Gasteiger partial charge on any atom is -0.385 e. The van der Waals surface area contributed by atoms with Crippen molar-refractivity contribution in [3.8, 4) is 0 Å². The zero-order valence-corrected chi connectivity index (χ0v) is 16.4. The second kappa shape index (κ2) is 12.7. The van der Waals surface area contributed by atoms with Crippen molar-refractivity contribution in [1.29, 1.82) is 0 Å². The van der Waals surface area contributed by atoms with Crippen molar-refractivity contribution in [3.63, 3.8) is 0 Å². The predicted octanol–water partition coefficient (Wildman–Crippen LogP) is 1.40. The molecule has 1 aromatic rings.